The molecular formula is C39H36N2O5S. The standard InChI is InChI=1S/C39H36N2O5S/c1-26-34(37(43)46-31-15-9-6-10-16-31)35(28-13-7-5-8-14-28)41-36(42)33(47-38(41)40-26)25-27-12-11-17-32(24-27)45-23-22-44-30-20-18-29(19-21-30)39(2,3)4/h5-21,24-25,35H,22-23H2,1-4H3/b33-25+/t35-/m0/s1. The Bertz CT molecular complexity index is 2090. The van der Waals surface area contributed by atoms with Crippen LogP contribution in [-0.2, 0) is 10.2 Å². The van der Waals surface area contributed by atoms with E-state index in [1.54, 1.807) is 35.8 Å². The Kier molecular flexibility index (Phi) is 9.22. The molecule has 0 radical (unpaired) electrons. The highest BCUT2D eigenvalue weighted by Crippen LogP contribution is 2.31. The van der Waals surface area contributed by atoms with E-state index in [4.69, 9.17) is 19.2 Å². The van der Waals surface area contributed by atoms with Crippen molar-refractivity contribution in [2.45, 2.75) is 39.2 Å². The van der Waals surface area contributed by atoms with Crippen molar-refractivity contribution in [2.75, 3.05) is 13.2 Å². The van der Waals surface area contributed by atoms with Gasteiger partial charge in [-0.25, -0.2) is 9.79 Å². The molecule has 0 unspecified atom stereocenters. The van der Waals surface area contributed by atoms with Gasteiger partial charge in [-0.05, 0) is 71.5 Å². The van der Waals surface area contributed by atoms with Crippen LogP contribution in [0.15, 0.2) is 130 Å². The third-order valence-electron chi connectivity index (χ3n) is 7.81. The van der Waals surface area contributed by atoms with E-state index in [-0.39, 0.29) is 11.0 Å². The minimum Gasteiger partial charge on any atom is -0.490 e. The second-order valence-corrected chi connectivity index (χ2v) is 13.2. The number of carbonyl (C=O) groups excluding carboxylic acids is 1. The molecule has 8 heteroatoms. The van der Waals surface area contributed by atoms with Gasteiger partial charge in [0.15, 0.2) is 4.80 Å². The summed E-state index contributed by atoms with van der Waals surface area (Å²) >= 11 is 1.29. The second-order valence-electron chi connectivity index (χ2n) is 12.2. The van der Waals surface area contributed by atoms with E-state index >= 15 is 0 Å². The van der Waals surface area contributed by atoms with Crippen molar-refractivity contribution in [1.29, 1.82) is 0 Å². The van der Waals surface area contributed by atoms with E-state index in [0.717, 1.165) is 16.9 Å². The predicted molar refractivity (Wildman–Crippen MR) is 185 cm³/mol. The number of carbonyl (C=O) groups is 1. The highest BCUT2D eigenvalue weighted by atomic mass is 32.1. The van der Waals surface area contributed by atoms with Crippen LogP contribution in [0.4, 0.5) is 0 Å². The summed E-state index contributed by atoms with van der Waals surface area (Å²) in [7, 11) is 0. The molecular weight excluding hydrogens is 609 g/mol. The van der Waals surface area contributed by atoms with E-state index in [1.807, 2.05) is 78.9 Å². The van der Waals surface area contributed by atoms with E-state index < -0.39 is 12.0 Å². The Morgan fingerprint density at radius 1 is 0.830 bits per heavy atom. The van der Waals surface area contributed by atoms with Gasteiger partial charge >= 0.3 is 5.97 Å². The van der Waals surface area contributed by atoms with E-state index in [1.165, 1.54) is 16.9 Å². The number of aromatic nitrogens is 1. The van der Waals surface area contributed by atoms with Crippen LogP contribution in [0.2, 0.25) is 0 Å². The highest BCUT2D eigenvalue weighted by molar-refractivity contribution is 7.07. The number of hydrogen-bond donors (Lipinski definition) is 0. The topological polar surface area (TPSA) is 79.1 Å². The Balaban J connectivity index is 1.23. The van der Waals surface area contributed by atoms with Gasteiger partial charge in [-0.2, -0.15) is 0 Å². The Labute approximate surface area is 277 Å². The normalized spacial score (nSPS) is 14.7. The number of fused-ring (bicyclic) bond motifs is 1. The zero-order valence-electron chi connectivity index (χ0n) is 26.8. The molecule has 238 valence electrons. The molecule has 0 spiro atoms. The lowest BCUT2D eigenvalue weighted by Gasteiger charge is -2.24. The zero-order chi connectivity index (χ0) is 33.0. The lowest BCUT2D eigenvalue weighted by atomic mass is 9.87. The Morgan fingerprint density at radius 2 is 1.47 bits per heavy atom. The minimum atomic E-state index is -0.690. The highest BCUT2D eigenvalue weighted by Gasteiger charge is 2.33. The Morgan fingerprint density at radius 3 is 2.15 bits per heavy atom. The fourth-order valence-electron chi connectivity index (χ4n) is 5.40. The van der Waals surface area contributed by atoms with Crippen molar-refractivity contribution < 1.29 is 19.0 Å². The number of ether oxygens (including phenoxy) is 3. The maximum Gasteiger partial charge on any atom is 0.343 e. The van der Waals surface area contributed by atoms with E-state index in [9.17, 15) is 9.59 Å². The minimum absolute atomic E-state index is 0.0886. The summed E-state index contributed by atoms with van der Waals surface area (Å²) in [6, 6.07) is 33.4. The number of hydrogen-bond acceptors (Lipinski definition) is 7. The van der Waals surface area contributed by atoms with Gasteiger partial charge < -0.3 is 14.2 Å². The summed E-state index contributed by atoms with van der Waals surface area (Å²) < 4.78 is 19.7. The van der Waals surface area contributed by atoms with Gasteiger partial charge in [0.05, 0.1) is 21.8 Å². The largest absolute Gasteiger partial charge is 0.490 e. The van der Waals surface area contributed by atoms with Gasteiger partial charge in [-0.15, -0.1) is 0 Å². The summed E-state index contributed by atoms with van der Waals surface area (Å²) in [5.41, 5.74) is 3.53. The van der Waals surface area contributed by atoms with Gasteiger partial charge in [0.1, 0.15) is 30.5 Å². The molecule has 1 aliphatic heterocycles. The molecule has 0 aliphatic carbocycles. The second kappa shape index (κ2) is 13.6. The van der Waals surface area contributed by atoms with Crippen molar-refractivity contribution in [3.05, 3.63) is 157 Å². The number of benzene rings is 4. The fraction of sp³-hybridized carbons (Fsp3) is 0.205. The molecule has 1 aliphatic rings. The number of esters is 1. The van der Waals surface area contributed by atoms with E-state index in [0.29, 0.717) is 45.3 Å². The average molecular weight is 645 g/mol. The van der Waals surface area contributed by atoms with Crippen LogP contribution in [0.1, 0.15) is 50.4 Å². The SMILES string of the molecule is CC1=C(C(=O)Oc2ccccc2)[C@H](c2ccccc2)n2c(s/c(=C/c3cccc(OCCOc4ccc(C(C)(C)C)cc4)c3)c2=O)=N1. The molecule has 0 amide bonds. The molecule has 1 aromatic heterocycles. The van der Waals surface area contributed by atoms with Crippen LogP contribution in [0.5, 0.6) is 17.2 Å². The number of para-hydroxylation sites is 1. The van der Waals surface area contributed by atoms with Crippen LogP contribution in [0.25, 0.3) is 6.08 Å². The maximum absolute atomic E-state index is 14.0. The van der Waals surface area contributed by atoms with Gasteiger partial charge in [-0.1, -0.05) is 105 Å². The fourth-order valence-corrected chi connectivity index (χ4v) is 6.45. The molecule has 0 bridgehead atoms. The molecule has 1 atom stereocenters. The maximum atomic E-state index is 14.0. The lowest BCUT2D eigenvalue weighted by Crippen LogP contribution is -2.40. The van der Waals surface area contributed by atoms with Crippen LogP contribution >= 0.6 is 11.3 Å². The van der Waals surface area contributed by atoms with Crippen molar-refractivity contribution in [3.63, 3.8) is 0 Å². The predicted octanol–water partition coefficient (Wildman–Crippen LogP) is 6.60. The molecule has 0 N–H and O–H groups in total. The van der Waals surface area contributed by atoms with Crippen LogP contribution < -0.4 is 29.1 Å². The summed E-state index contributed by atoms with van der Waals surface area (Å²) in [6.45, 7) is 9.09. The quantitative estimate of drug-likeness (QED) is 0.103. The summed E-state index contributed by atoms with van der Waals surface area (Å²) in [6.07, 6.45) is 1.83. The lowest BCUT2D eigenvalue weighted by molar-refractivity contribution is -0.130. The van der Waals surface area contributed by atoms with Crippen molar-refractivity contribution in [2.24, 2.45) is 4.99 Å². The van der Waals surface area contributed by atoms with Gasteiger partial charge in [0, 0.05) is 0 Å². The third kappa shape index (κ3) is 7.28. The molecule has 0 saturated carbocycles. The van der Waals surface area contributed by atoms with Crippen LogP contribution in [0.3, 0.4) is 0 Å². The van der Waals surface area contributed by atoms with Gasteiger partial charge in [0.25, 0.3) is 5.56 Å². The third-order valence-corrected chi connectivity index (χ3v) is 8.79. The Hall–Kier alpha value is -5.21. The number of nitrogens with zero attached hydrogens (tertiary/aromatic N) is 2. The average Bonchev–Trinajstić information content (AvgIpc) is 3.36. The van der Waals surface area contributed by atoms with Gasteiger partial charge in [-0.3, -0.25) is 9.36 Å². The first-order chi connectivity index (χ1) is 22.7. The number of rotatable bonds is 9. The molecule has 47 heavy (non-hydrogen) atoms. The van der Waals surface area contributed by atoms with Crippen LogP contribution in [0, 0.1) is 0 Å². The van der Waals surface area contributed by atoms with Crippen molar-refractivity contribution in [1.82, 2.24) is 4.57 Å². The van der Waals surface area contributed by atoms with Crippen molar-refractivity contribution in [3.8, 4) is 17.2 Å². The van der Waals surface area contributed by atoms with Crippen LogP contribution in [-0.4, -0.2) is 23.8 Å². The summed E-state index contributed by atoms with van der Waals surface area (Å²) in [4.78, 5) is 32.8. The zero-order valence-corrected chi connectivity index (χ0v) is 27.6. The number of allylic oxidation sites excluding steroid dienone is 1. The van der Waals surface area contributed by atoms with E-state index in [2.05, 4.69) is 32.9 Å². The first-order valence-electron chi connectivity index (χ1n) is 15.5. The first kappa shape index (κ1) is 31.8. The van der Waals surface area contributed by atoms with Crippen molar-refractivity contribution >= 4 is 23.4 Å². The molecule has 2 heterocycles. The summed E-state index contributed by atoms with van der Waals surface area (Å²) in [5, 5.41) is 0. The van der Waals surface area contributed by atoms with Gasteiger partial charge in [0.2, 0.25) is 0 Å². The molecule has 7 nitrogen and oxygen atoms in total. The summed E-state index contributed by atoms with van der Waals surface area (Å²) in [5.74, 6) is 1.34. The molecule has 6 rings (SSSR count). The molecule has 0 fully saturated rings. The first-order valence-corrected chi connectivity index (χ1v) is 16.3. The molecule has 5 aromatic rings. The monoisotopic (exact) mass is 644 g/mol. The smallest absolute Gasteiger partial charge is 0.343 e. The molecule has 4 aromatic carbocycles. The number of thiazole rings is 1. The molecule has 0 saturated heterocycles.